The molecule has 0 atom stereocenters. The normalized spacial score (nSPS) is 16.0. The summed E-state index contributed by atoms with van der Waals surface area (Å²) in [5, 5.41) is 0.536. The van der Waals surface area contributed by atoms with Crippen LogP contribution in [-0.4, -0.2) is 17.3 Å². The smallest absolute Gasteiger partial charge is 0.298 e. The zero-order valence-electron chi connectivity index (χ0n) is 14.0. The standard InChI is InChI=1S/C19H15Cl2NO3S/c1-11(2)25-16-7-6-12(8-15(16)21)9-17-18(23)22(19(24)26-17)14-5-3-4-13(20)10-14/h3-11H,1-2H3/b17-9+. The molecule has 0 spiro atoms. The SMILES string of the molecule is CC(C)Oc1ccc(/C=C2/SC(=O)N(c3cccc(Cl)c3)C2=O)cc1Cl. The number of carbonyl (C=O) groups is 2. The van der Waals surface area contributed by atoms with Crippen LogP contribution in [0.4, 0.5) is 10.5 Å². The third-order valence-electron chi connectivity index (χ3n) is 3.48. The number of anilines is 1. The summed E-state index contributed by atoms with van der Waals surface area (Å²) in [5.74, 6) is 0.187. The van der Waals surface area contributed by atoms with Crippen LogP contribution in [0.2, 0.25) is 10.0 Å². The maximum atomic E-state index is 12.6. The van der Waals surface area contributed by atoms with Crippen LogP contribution in [0.5, 0.6) is 5.75 Å². The summed E-state index contributed by atoms with van der Waals surface area (Å²) in [7, 11) is 0. The third kappa shape index (κ3) is 4.06. The average molecular weight is 408 g/mol. The number of thioether (sulfide) groups is 1. The second kappa shape index (κ2) is 7.74. The average Bonchev–Trinajstić information content (AvgIpc) is 2.83. The summed E-state index contributed by atoms with van der Waals surface area (Å²) < 4.78 is 5.59. The molecule has 0 N–H and O–H groups in total. The summed E-state index contributed by atoms with van der Waals surface area (Å²) in [6.45, 7) is 3.83. The lowest BCUT2D eigenvalue weighted by atomic mass is 10.2. The van der Waals surface area contributed by atoms with Gasteiger partial charge in [-0.15, -0.1) is 0 Å². The van der Waals surface area contributed by atoms with Crippen molar-refractivity contribution in [3.8, 4) is 5.75 Å². The Balaban J connectivity index is 1.87. The highest BCUT2D eigenvalue weighted by Crippen LogP contribution is 2.37. The summed E-state index contributed by atoms with van der Waals surface area (Å²) >= 11 is 13.1. The number of hydrogen-bond acceptors (Lipinski definition) is 4. The second-order valence-electron chi connectivity index (χ2n) is 5.85. The van der Waals surface area contributed by atoms with Crippen LogP contribution in [0.25, 0.3) is 6.08 Å². The molecule has 0 radical (unpaired) electrons. The Hall–Kier alpha value is -1.95. The summed E-state index contributed by atoms with van der Waals surface area (Å²) in [4.78, 5) is 26.4. The molecule has 4 nitrogen and oxygen atoms in total. The Morgan fingerprint density at radius 2 is 1.88 bits per heavy atom. The number of amides is 2. The van der Waals surface area contributed by atoms with Gasteiger partial charge in [-0.05, 0) is 67.6 Å². The van der Waals surface area contributed by atoms with E-state index in [1.165, 1.54) is 0 Å². The Morgan fingerprint density at radius 1 is 1.12 bits per heavy atom. The van der Waals surface area contributed by atoms with Gasteiger partial charge in [0.1, 0.15) is 5.75 Å². The lowest BCUT2D eigenvalue weighted by molar-refractivity contribution is -0.113. The molecule has 2 amide bonds. The molecule has 26 heavy (non-hydrogen) atoms. The van der Waals surface area contributed by atoms with E-state index >= 15 is 0 Å². The fourth-order valence-corrected chi connectivity index (χ4v) is 3.67. The number of nitrogens with zero attached hydrogens (tertiary/aromatic N) is 1. The van der Waals surface area contributed by atoms with Crippen LogP contribution in [-0.2, 0) is 4.79 Å². The monoisotopic (exact) mass is 407 g/mol. The second-order valence-corrected chi connectivity index (χ2v) is 7.69. The minimum absolute atomic E-state index is 0.00699. The molecule has 0 aromatic heterocycles. The van der Waals surface area contributed by atoms with E-state index in [4.69, 9.17) is 27.9 Å². The van der Waals surface area contributed by atoms with E-state index in [0.717, 1.165) is 16.7 Å². The molecule has 1 aliphatic heterocycles. The zero-order valence-corrected chi connectivity index (χ0v) is 16.4. The van der Waals surface area contributed by atoms with Crippen molar-refractivity contribution in [3.63, 3.8) is 0 Å². The van der Waals surface area contributed by atoms with E-state index in [-0.39, 0.29) is 17.3 Å². The van der Waals surface area contributed by atoms with E-state index in [0.29, 0.717) is 32.0 Å². The zero-order chi connectivity index (χ0) is 18.8. The van der Waals surface area contributed by atoms with E-state index in [1.807, 2.05) is 13.8 Å². The minimum Gasteiger partial charge on any atom is -0.489 e. The van der Waals surface area contributed by atoms with Crippen LogP contribution >= 0.6 is 35.0 Å². The maximum Gasteiger partial charge on any atom is 0.298 e. The van der Waals surface area contributed by atoms with E-state index in [1.54, 1.807) is 48.5 Å². The summed E-state index contributed by atoms with van der Waals surface area (Å²) in [5.41, 5.74) is 1.16. The highest BCUT2D eigenvalue weighted by atomic mass is 35.5. The Morgan fingerprint density at radius 3 is 2.54 bits per heavy atom. The maximum absolute atomic E-state index is 12.6. The van der Waals surface area contributed by atoms with Gasteiger partial charge in [-0.25, -0.2) is 4.90 Å². The predicted molar refractivity (Wildman–Crippen MR) is 107 cm³/mol. The van der Waals surface area contributed by atoms with Gasteiger partial charge in [0.25, 0.3) is 11.1 Å². The van der Waals surface area contributed by atoms with Crippen molar-refractivity contribution in [2.75, 3.05) is 4.90 Å². The van der Waals surface area contributed by atoms with Gasteiger partial charge in [-0.2, -0.15) is 0 Å². The van der Waals surface area contributed by atoms with Crippen LogP contribution in [0.15, 0.2) is 47.4 Å². The van der Waals surface area contributed by atoms with Gasteiger partial charge in [0.05, 0.1) is 21.7 Å². The summed E-state index contributed by atoms with van der Waals surface area (Å²) in [6.07, 6.45) is 1.65. The molecular weight excluding hydrogens is 393 g/mol. The van der Waals surface area contributed by atoms with Gasteiger partial charge in [-0.3, -0.25) is 9.59 Å². The number of imide groups is 1. The van der Waals surface area contributed by atoms with Gasteiger partial charge >= 0.3 is 0 Å². The molecule has 134 valence electrons. The number of hydrogen-bond donors (Lipinski definition) is 0. The van der Waals surface area contributed by atoms with Crippen molar-refractivity contribution in [1.82, 2.24) is 0 Å². The number of carbonyl (C=O) groups excluding carboxylic acids is 2. The first-order valence-electron chi connectivity index (χ1n) is 7.85. The fourth-order valence-electron chi connectivity index (χ4n) is 2.41. The Bertz CT molecular complexity index is 911. The molecule has 2 aromatic carbocycles. The number of benzene rings is 2. The van der Waals surface area contributed by atoms with Crippen molar-refractivity contribution in [1.29, 1.82) is 0 Å². The van der Waals surface area contributed by atoms with Gasteiger partial charge in [0.2, 0.25) is 0 Å². The highest BCUT2D eigenvalue weighted by molar-refractivity contribution is 8.19. The predicted octanol–water partition coefficient (Wildman–Crippen LogP) is 6.02. The number of halogens is 2. The van der Waals surface area contributed by atoms with Gasteiger partial charge in [0.15, 0.2) is 0 Å². The van der Waals surface area contributed by atoms with Crippen molar-refractivity contribution in [2.24, 2.45) is 0 Å². The first kappa shape index (κ1) is 18.8. The molecule has 1 aliphatic rings. The molecule has 3 rings (SSSR count). The lowest BCUT2D eigenvalue weighted by Gasteiger charge is -2.12. The van der Waals surface area contributed by atoms with Crippen LogP contribution < -0.4 is 9.64 Å². The molecule has 2 aromatic rings. The van der Waals surface area contributed by atoms with Gasteiger partial charge < -0.3 is 4.74 Å². The number of rotatable bonds is 4. The van der Waals surface area contributed by atoms with Crippen molar-refractivity contribution in [3.05, 3.63) is 63.0 Å². The topological polar surface area (TPSA) is 46.6 Å². The quantitative estimate of drug-likeness (QED) is 0.581. The fraction of sp³-hybridized carbons (Fsp3) is 0.158. The molecule has 1 saturated heterocycles. The van der Waals surface area contributed by atoms with Crippen molar-refractivity contribution in [2.45, 2.75) is 20.0 Å². The molecular formula is C19H15Cl2NO3S. The first-order valence-corrected chi connectivity index (χ1v) is 9.42. The molecule has 0 unspecified atom stereocenters. The first-order chi connectivity index (χ1) is 12.3. The Kier molecular flexibility index (Phi) is 5.61. The molecule has 7 heteroatoms. The largest absolute Gasteiger partial charge is 0.489 e. The van der Waals surface area contributed by atoms with Crippen LogP contribution in [0.3, 0.4) is 0 Å². The third-order valence-corrected chi connectivity index (χ3v) is 4.88. The van der Waals surface area contributed by atoms with Crippen LogP contribution in [0.1, 0.15) is 19.4 Å². The highest BCUT2D eigenvalue weighted by Gasteiger charge is 2.36. The van der Waals surface area contributed by atoms with E-state index in [9.17, 15) is 9.59 Å². The lowest BCUT2D eigenvalue weighted by Crippen LogP contribution is -2.27. The molecule has 1 heterocycles. The van der Waals surface area contributed by atoms with Crippen molar-refractivity contribution < 1.29 is 14.3 Å². The molecule has 0 aliphatic carbocycles. The minimum atomic E-state index is -0.388. The van der Waals surface area contributed by atoms with Gasteiger partial charge in [0, 0.05) is 5.02 Å². The van der Waals surface area contributed by atoms with E-state index < -0.39 is 0 Å². The molecule has 0 saturated carbocycles. The van der Waals surface area contributed by atoms with Crippen LogP contribution in [0, 0.1) is 0 Å². The Labute approximate surface area is 165 Å². The molecule has 0 bridgehead atoms. The van der Waals surface area contributed by atoms with Crippen molar-refractivity contribution >= 4 is 57.9 Å². The summed E-state index contributed by atoms with van der Waals surface area (Å²) in [6, 6.07) is 11.9. The number of ether oxygens (including phenoxy) is 1. The van der Waals surface area contributed by atoms with E-state index in [2.05, 4.69) is 0 Å². The van der Waals surface area contributed by atoms with Gasteiger partial charge in [-0.1, -0.05) is 35.3 Å². The molecule has 1 fully saturated rings.